The molecule has 5 heteroatoms. The van der Waals surface area contributed by atoms with E-state index in [0.717, 1.165) is 35.6 Å². The van der Waals surface area contributed by atoms with E-state index in [2.05, 4.69) is 58.5 Å². The topological polar surface area (TPSA) is 55.6 Å². The molecule has 0 aliphatic heterocycles. The van der Waals surface area contributed by atoms with Crippen LogP contribution in [0.1, 0.15) is 23.7 Å². The summed E-state index contributed by atoms with van der Waals surface area (Å²) in [5, 5.41) is 7.94. The van der Waals surface area contributed by atoms with Gasteiger partial charge >= 0.3 is 0 Å². The van der Waals surface area contributed by atoms with Crippen molar-refractivity contribution in [1.82, 2.24) is 19.7 Å². The fourth-order valence-electron chi connectivity index (χ4n) is 2.51. The van der Waals surface area contributed by atoms with Crippen molar-refractivity contribution in [2.45, 2.75) is 33.9 Å². The maximum Gasteiger partial charge on any atom is 0.155 e. The molecule has 0 aliphatic carbocycles. The number of aromatic nitrogens is 4. The summed E-state index contributed by atoms with van der Waals surface area (Å²) in [6.07, 6.45) is 1.59. The van der Waals surface area contributed by atoms with Crippen molar-refractivity contribution >= 4 is 16.9 Å². The molecule has 0 bridgehead atoms. The van der Waals surface area contributed by atoms with Gasteiger partial charge in [0.15, 0.2) is 5.82 Å². The zero-order valence-corrected chi connectivity index (χ0v) is 12.6. The van der Waals surface area contributed by atoms with Gasteiger partial charge in [-0.25, -0.2) is 9.97 Å². The predicted octanol–water partition coefficient (Wildman–Crippen LogP) is 3.08. The first-order valence-corrected chi connectivity index (χ1v) is 7.17. The largest absolute Gasteiger partial charge is 0.364 e. The van der Waals surface area contributed by atoms with Crippen molar-refractivity contribution in [2.75, 3.05) is 5.32 Å². The van der Waals surface area contributed by atoms with E-state index in [9.17, 15) is 0 Å². The molecule has 0 fully saturated rings. The second-order valence-electron chi connectivity index (χ2n) is 5.10. The summed E-state index contributed by atoms with van der Waals surface area (Å²) >= 11 is 0. The quantitative estimate of drug-likeness (QED) is 0.798. The summed E-state index contributed by atoms with van der Waals surface area (Å²) < 4.78 is 1.95. The molecule has 5 nitrogen and oxygen atoms in total. The minimum Gasteiger partial charge on any atom is -0.364 e. The van der Waals surface area contributed by atoms with Gasteiger partial charge in [-0.15, -0.1) is 0 Å². The molecule has 0 aliphatic rings. The van der Waals surface area contributed by atoms with Crippen LogP contribution >= 0.6 is 0 Å². The second-order valence-corrected chi connectivity index (χ2v) is 5.10. The Morgan fingerprint density at radius 3 is 2.71 bits per heavy atom. The summed E-state index contributed by atoms with van der Waals surface area (Å²) in [5.74, 6) is 0.839. The lowest BCUT2D eigenvalue weighted by Gasteiger charge is -2.10. The number of benzene rings is 1. The molecule has 2 heterocycles. The Bertz CT molecular complexity index is 775. The lowest BCUT2D eigenvalue weighted by Crippen LogP contribution is -2.06. The highest BCUT2D eigenvalue weighted by Gasteiger charge is 2.13. The van der Waals surface area contributed by atoms with Crippen LogP contribution in [0.25, 0.3) is 11.0 Å². The third-order valence-corrected chi connectivity index (χ3v) is 3.70. The van der Waals surface area contributed by atoms with Gasteiger partial charge in [-0.1, -0.05) is 24.3 Å². The van der Waals surface area contributed by atoms with Gasteiger partial charge in [-0.3, -0.25) is 4.68 Å². The fraction of sp³-hybridized carbons (Fsp3) is 0.312. The van der Waals surface area contributed by atoms with Gasteiger partial charge in [0.05, 0.1) is 5.69 Å². The third-order valence-electron chi connectivity index (χ3n) is 3.70. The van der Waals surface area contributed by atoms with E-state index >= 15 is 0 Å². The Balaban J connectivity index is 1.96. The first kappa shape index (κ1) is 13.5. The van der Waals surface area contributed by atoms with Crippen LogP contribution in [0.4, 0.5) is 5.82 Å². The smallest absolute Gasteiger partial charge is 0.155 e. The number of hydrogen-bond acceptors (Lipinski definition) is 4. The van der Waals surface area contributed by atoms with E-state index in [4.69, 9.17) is 0 Å². The predicted molar refractivity (Wildman–Crippen MR) is 84.2 cm³/mol. The highest BCUT2D eigenvalue weighted by Crippen LogP contribution is 2.22. The van der Waals surface area contributed by atoms with Crippen LogP contribution in [-0.4, -0.2) is 19.7 Å². The summed E-state index contributed by atoms with van der Waals surface area (Å²) in [6.45, 7) is 7.72. The van der Waals surface area contributed by atoms with Gasteiger partial charge < -0.3 is 5.32 Å². The number of hydrogen-bond donors (Lipinski definition) is 1. The summed E-state index contributed by atoms with van der Waals surface area (Å²) in [6, 6.07) is 8.35. The standard InChI is InChI=1S/C16H19N5/c1-4-21-15-14(12(3)20-21)18-10-19-16(15)17-9-13-8-6-5-7-11(13)2/h5-8,10H,4,9H2,1-3H3,(H,17,18,19). The van der Waals surface area contributed by atoms with Crippen LogP contribution in [0.15, 0.2) is 30.6 Å². The second kappa shape index (κ2) is 5.52. The number of anilines is 1. The zero-order chi connectivity index (χ0) is 14.8. The normalized spacial score (nSPS) is 11.0. The van der Waals surface area contributed by atoms with Crippen LogP contribution in [0, 0.1) is 13.8 Å². The molecule has 0 saturated carbocycles. The molecule has 108 valence electrons. The summed E-state index contributed by atoms with van der Waals surface area (Å²) in [7, 11) is 0. The molecule has 1 aromatic carbocycles. The first-order valence-electron chi connectivity index (χ1n) is 7.17. The molecule has 1 N–H and O–H groups in total. The maximum atomic E-state index is 4.52. The fourth-order valence-corrected chi connectivity index (χ4v) is 2.51. The minimum atomic E-state index is 0.743. The highest BCUT2D eigenvalue weighted by molar-refractivity contribution is 5.87. The van der Waals surface area contributed by atoms with Crippen LogP contribution in [0.5, 0.6) is 0 Å². The van der Waals surface area contributed by atoms with Crippen molar-refractivity contribution in [3.05, 3.63) is 47.4 Å². The number of nitrogens with one attached hydrogen (secondary N) is 1. The number of nitrogens with zero attached hydrogens (tertiary/aromatic N) is 4. The van der Waals surface area contributed by atoms with Crippen LogP contribution in [-0.2, 0) is 13.1 Å². The molecule has 3 rings (SSSR count). The van der Waals surface area contributed by atoms with Crippen LogP contribution < -0.4 is 5.32 Å². The van der Waals surface area contributed by atoms with E-state index in [-0.39, 0.29) is 0 Å². The number of rotatable bonds is 4. The van der Waals surface area contributed by atoms with Crippen molar-refractivity contribution in [2.24, 2.45) is 0 Å². The van der Waals surface area contributed by atoms with Gasteiger partial charge in [0.25, 0.3) is 0 Å². The monoisotopic (exact) mass is 281 g/mol. The Morgan fingerprint density at radius 2 is 1.95 bits per heavy atom. The SMILES string of the molecule is CCn1nc(C)c2ncnc(NCc3ccccc3C)c21. The van der Waals surface area contributed by atoms with Crippen molar-refractivity contribution < 1.29 is 0 Å². The number of aryl methyl sites for hydroxylation is 3. The lowest BCUT2D eigenvalue weighted by molar-refractivity contribution is 0.675. The van der Waals surface area contributed by atoms with Crippen molar-refractivity contribution in [3.63, 3.8) is 0 Å². The Hall–Kier alpha value is -2.43. The molecule has 0 saturated heterocycles. The van der Waals surface area contributed by atoms with Gasteiger partial charge in [0.2, 0.25) is 0 Å². The summed E-state index contributed by atoms with van der Waals surface area (Å²) in [4.78, 5) is 8.74. The molecule has 2 aromatic heterocycles. The molecule has 0 radical (unpaired) electrons. The van der Waals surface area contributed by atoms with Gasteiger partial charge in [0, 0.05) is 13.1 Å². The minimum absolute atomic E-state index is 0.743. The first-order chi connectivity index (χ1) is 10.2. The average molecular weight is 281 g/mol. The average Bonchev–Trinajstić information content (AvgIpc) is 2.84. The van der Waals surface area contributed by atoms with Crippen molar-refractivity contribution in [1.29, 1.82) is 0 Å². The van der Waals surface area contributed by atoms with E-state index in [1.54, 1.807) is 6.33 Å². The van der Waals surface area contributed by atoms with Crippen LogP contribution in [0.2, 0.25) is 0 Å². The van der Waals surface area contributed by atoms with E-state index < -0.39 is 0 Å². The molecular weight excluding hydrogens is 262 g/mol. The van der Waals surface area contributed by atoms with Gasteiger partial charge in [-0.05, 0) is 31.9 Å². The van der Waals surface area contributed by atoms with E-state index in [1.165, 1.54) is 11.1 Å². The van der Waals surface area contributed by atoms with Crippen LogP contribution in [0.3, 0.4) is 0 Å². The van der Waals surface area contributed by atoms with Crippen molar-refractivity contribution in [3.8, 4) is 0 Å². The van der Waals surface area contributed by atoms with E-state index in [1.807, 2.05) is 11.6 Å². The molecule has 3 aromatic rings. The molecule has 21 heavy (non-hydrogen) atoms. The molecule has 0 unspecified atom stereocenters. The lowest BCUT2D eigenvalue weighted by atomic mass is 10.1. The van der Waals surface area contributed by atoms with Gasteiger partial charge in [0.1, 0.15) is 17.4 Å². The van der Waals surface area contributed by atoms with E-state index in [0.29, 0.717) is 0 Å². The number of fused-ring (bicyclic) bond motifs is 1. The Kier molecular flexibility index (Phi) is 3.56. The molecular formula is C16H19N5. The molecule has 0 amide bonds. The molecule has 0 spiro atoms. The summed E-state index contributed by atoms with van der Waals surface area (Å²) in [5.41, 5.74) is 5.37. The molecule has 0 atom stereocenters. The Morgan fingerprint density at radius 1 is 1.14 bits per heavy atom. The van der Waals surface area contributed by atoms with Gasteiger partial charge in [-0.2, -0.15) is 5.10 Å². The maximum absolute atomic E-state index is 4.52. The zero-order valence-electron chi connectivity index (χ0n) is 12.6. The third kappa shape index (κ3) is 2.46. The highest BCUT2D eigenvalue weighted by atomic mass is 15.3. The Labute approximate surface area is 124 Å².